The number of nitrogens with zero attached hydrogens (tertiary/aromatic N) is 2. The smallest absolute Gasteiger partial charge is 0.341 e. The molecule has 1 aromatic rings. The van der Waals surface area contributed by atoms with Crippen molar-refractivity contribution in [1.29, 1.82) is 10.7 Å². The van der Waals surface area contributed by atoms with E-state index in [0.29, 0.717) is 5.56 Å². The van der Waals surface area contributed by atoms with Crippen molar-refractivity contribution in [3.63, 3.8) is 0 Å². The van der Waals surface area contributed by atoms with Crippen LogP contribution < -0.4 is 11.2 Å². The molecule has 0 radical (unpaired) electrons. The summed E-state index contributed by atoms with van der Waals surface area (Å²) in [5, 5.41) is 19.7. The molecule has 1 aliphatic rings. The van der Waals surface area contributed by atoms with E-state index in [2.05, 4.69) is 10.5 Å². The van der Waals surface area contributed by atoms with Gasteiger partial charge >= 0.3 is 5.97 Å². The number of carbonyl (C=O) groups is 1. The minimum atomic E-state index is -0.517. The van der Waals surface area contributed by atoms with Crippen LogP contribution in [0.2, 0.25) is 5.02 Å². The highest BCUT2D eigenvalue weighted by Crippen LogP contribution is 2.33. The van der Waals surface area contributed by atoms with E-state index >= 15 is 0 Å². The van der Waals surface area contributed by atoms with Crippen molar-refractivity contribution in [3.05, 3.63) is 28.3 Å². The molecule has 1 heterocycles. The number of amidine groups is 1. The Morgan fingerprint density at radius 2 is 2.37 bits per heavy atom. The number of nitrogens with one attached hydrogen (secondary N) is 2. The number of ether oxygens (including phenoxy) is 1. The number of benzene rings is 1. The third-order valence-corrected chi connectivity index (χ3v) is 2.76. The molecule has 0 unspecified atom stereocenters. The highest BCUT2D eigenvalue weighted by molar-refractivity contribution is 6.46. The maximum Gasteiger partial charge on any atom is 0.341 e. The third-order valence-electron chi connectivity index (χ3n) is 2.44. The third kappa shape index (κ3) is 2.34. The van der Waals surface area contributed by atoms with Gasteiger partial charge in [-0.05, 0) is 6.07 Å². The van der Waals surface area contributed by atoms with Gasteiger partial charge in [-0.25, -0.2) is 4.79 Å². The van der Waals surface area contributed by atoms with Crippen LogP contribution in [0.1, 0.15) is 15.9 Å². The average molecular weight is 278 g/mol. The number of hydrazone groups is 1. The van der Waals surface area contributed by atoms with Gasteiger partial charge in [-0.3, -0.25) is 10.8 Å². The molecule has 0 fully saturated rings. The van der Waals surface area contributed by atoms with Gasteiger partial charge in [0.25, 0.3) is 0 Å². The second-order valence-electron chi connectivity index (χ2n) is 3.63. The maximum absolute atomic E-state index is 11.6. The zero-order valence-electron chi connectivity index (χ0n) is 9.53. The molecule has 96 valence electrons. The number of carbonyl (C=O) groups excluding carboxylic acids is 1. The Hall–Kier alpha value is -2.59. The molecule has 1 aromatic carbocycles. The van der Waals surface area contributed by atoms with Crippen LogP contribution in [0.5, 0.6) is 0 Å². The molecule has 2 rings (SSSR count). The fraction of sp³-hybridized carbons (Fsp3) is 0.0909. The molecular weight excluding hydrogens is 270 g/mol. The van der Waals surface area contributed by atoms with Crippen LogP contribution in [0.25, 0.3) is 0 Å². The van der Waals surface area contributed by atoms with Gasteiger partial charge in [0.1, 0.15) is 12.7 Å². The highest BCUT2D eigenvalue weighted by atomic mass is 35.5. The van der Waals surface area contributed by atoms with Gasteiger partial charge in [0.15, 0.2) is 5.84 Å². The number of hydrogen-bond acceptors (Lipinski definition) is 6. The lowest BCUT2D eigenvalue weighted by atomic mass is 10.1. The molecule has 0 saturated heterocycles. The van der Waals surface area contributed by atoms with Crippen molar-refractivity contribution >= 4 is 34.8 Å². The number of nitrogens with two attached hydrogens (primary N) is 1. The lowest BCUT2D eigenvalue weighted by Crippen LogP contribution is -2.22. The summed E-state index contributed by atoms with van der Waals surface area (Å²) < 4.78 is 4.88. The molecule has 1 aliphatic heterocycles. The SMILES string of the molecule is N#C/C(=N\Nc1c(Cl)ccc2c1C(=O)OC2)C(=N)N. The molecule has 0 aromatic heterocycles. The number of nitriles is 1. The number of halogens is 1. The molecular formula is C11H8ClN5O2. The summed E-state index contributed by atoms with van der Waals surface area (Å²) in [5.74, 6) is -1.00. The number of fused-ring (bicyclic) bond motifs is 1. The quantitative estimate of drug-likeness (QED) is 0.332. The number of hydrogen-bond donors (Lipinski definition) is 3. The second kappa shape index (κ2) is 4.96. The molecule has 8 heteroatoms. The summed E-state index contributed by atoms with van der Waals surface area (Å²) in [5.41, 5.74) is 8.52. The normalized spacial score (nSPS) is 13.5. The Morgan fingerprint density at radius 3 is 3.00 bits per heavy atom. The van der Waals surface area contributed by atoms with Crippen LogP contribution in [-0.2, 0) is 11.3 Å². The Bertz CT molecular complexity index is 647. The van der Waals surface area contributed by atoms with Gasteiger partial charge in [-0.2, -0.15) is 10.4 Å². The molecule has 0 aliphatic carbocycles. The zero-order valence-corrected chi connectivity index (χ0v) is 10.3. The van der Waals surface area contributed by atoms with Crippen molar-refractivity contribution in [3.8, 4) is 6.07 Å². The van der Waals surface area contributed by atoms with Gasteiger partial charge in [0, 0.05) is 5.56 Å². The minimum Gasteiger partial charge on any atom is -0.457 e. The number of anilines is 1. The van der Waals surface area contributed by atoms with E-state index < -0.39 is 11.8 Å². The maximum atomic E-state index is 11.6. The Balaban J connectivity index is 2.42. The first kappa shape index (κ1) is 12.9. The molecule has 19 heavy (non-hydrogen) atoms. The standard InChI is InChI=1S/C11H8ClN5O2/c12-6-2-1-5-4-19-11(18)8(5)9(6)17-16-7(3-13)10(14)15/h1-2,17H,4H2,(H3,14,15)/b16-7+. The molecule has 0 bridgehead atoms. The first-order valence-corrected chi connectivity index (χ1v) is 5.49. The van der Waals surface area contributed by atoms with E-state index in [9.17, 15) is 4.79 Å². The van der Waals surface area contributed by atoms with Gasteiger partial charge < -0.3 is 10.5 Å². The molecule has 7 nitrogen and oxygen atoms in total. The second-order valence-corrected chi connectivity index (χ2v) is 4.04. The number of cyclic esters (lactones) is 1. The lowest BCUT2D eigenvalue weighted by molar-refractivity contribution is 0.0536. The van der Waals surface area contributed by atoms with Gasteiger partial charge in [0.2, 0.25) is 5.71 Å². The fourth-order valence-corrected chi connectivity index (χ4v) is 1.76. The first-order valence-electron chi connectivity index (χ1n) is 5.11. The molecule has 0 atom stereocenters. The van der Waals surface area contributed by atoms with E-state index in [1.807, 2.05) is 0 Å². The lowest BCUT2D eigenvalue weighted by Gasteiger charge is -2.07. The van der Waals surface area contributed by atoms with Crippen molar-refractivity contribution in [2.45, 2.75) is 6.61 Å². The largest absolute Gasteiger partial charge is 0.457 e. The van der Waals surface area contributed by atoms with Gasteiger partial charge in [0.05, 0.1) is 16.3 Å². The van der Waals surface area contributed by atoms with Crippen LogP contribution in [0, 0.1) is 16.7 Å². The highest BCUT2D eigenvalue weighted by Gasteiger charge is 2.26. The Labute approximate surface area is 113 Å². The van der Waals surface area contributed by atoms with Crippen molar-refractivity contribution in [2.75, 3.05) is 5.43 Å². The number of esters is 1. The first-order chi connectivity index (χ1) is 9.04. The molecule has 0 saturated carbocycles. The van der Waals surface area contributed by atoms with Crippen LogP contribution in [0.4, 0.5) is 5.69 Å². The molecule has 0 spiro atoms. The van der Waals surface area contributed by atoms with Crippen LogP contribution in [0.3, 0.4) is 0 Å². The summed E-state index contributed by atoms with van der Waals surface area (Å²) in [6.45, 7) is 0.168. The van der Waals surface area contributed by atoms with Crippen molar-refractivity contribution < 1.29 is 9.53 Å². The van der Waals surface area contributed by atoms with Crippen molar-refractivity contribution in [2.24, 2.45) is 10.8 Å². The number of rotatable bonds is 3. The van der Waals surface area contributed by atoms with Crippen LogP contribution >= 0.6 is 11.6 Å². The van der Waals surface area contributed by atoms with Gasteiger partial charge in [-0.15, -0.1) is 0 Å². The molecule has 0 amide bonds. The van der Waals surface area contributed by atoms with Crippen LogP contribution in [-0.4, -0.2) is 17.5 Å². The molecule has 4 N–H and O–H groups in total. The minimum absolute atomic E-state index is 0.168. The summed E-state index contributed by atoms with van der Waals surface area (Å²) >= 11 is 5.97. The van der Waals surface area contributed by atoms with E-state index in [0.717, 1.165) is 0 Å². The van der Waals surface area contributed by atoms with E-state index in [-0.39, 0.29) is 28.6 Å². The van der Waals surface area contributed by atoms with E-state index in [1.165, 1.54) is 0 Å². The predicted molar refractivity (Wildman–Crippen MR) is 69.2 cm³/mol. The monoisotopic (exact) mass is 277 g/mol. The van der Waals surface area contributed by atoms with Crippen LogP contribution in [0.15, 0.2) is 17.2 Å². The van der Waals surface area contributed by atoms with E-state index in [1.54, 1.807) is 18.2 Å². The Kier molecular flexibility index (Phi) is 3.35. The van der Waals surface area contributed by atoms with E-state index in [4.69, 9.17) is 32.7 Å². The fourth-order valence-electron chi connectivity index (χ4n) is 1.56. The predicted octanol–water partition coefficient (Wildman–Crippen LogP) is 1.24. The summed E-state index contributed by atoms with van der Waals surface area (Å²) in [4.78, 5) is 11.6. The summed E-state index contributed by atoms with van der Waals surface area (Å²) in [6, 6.07) is 4.91. The zero-order chi connectivity index (χ0) is 14.0. The topological polar surface area (TPSA) is 124 Å². The Morgan fingerprint density at radius 1 is 1.63 bits per heavy atom. The van der Waals surface area contributed by atoms with Gasteiger partial charge in [-0.1, -0.05) is 17.7 Å². The summed E-state index contributed by atoms with van der Waals surface area (Å²) in [6.07, 6.45) is 0. The average Bonchev–Trinajstić information content (AvgIpc) is 2.74. The van der Waals surface area contributed by atoms with Crippen molar-refractivity contribution in [1.82, 2.24) is 0 Å². The summed E-state index contributed by atoms with van der Waals surface area (Å²) in [7, 11) is 0.